The van der Waals surface area contributed by atoms with Gasteiger partial charge in [-0.25, -0.2) is 9.18 Å². The standard InChI is InChI=1S/C25H30FN3O3/c1-17-3-7-20(8-4-17)25(26)10-12-29(13-11-25)23(30)19-6-5-18(2)22(15-19)28-24(31)27-21-9-14-32-16-21/h3-8,15,21H,9-14,16H2,1-2H3,(H2,27,28,31)/t21-/m1/s1. The molecule has 2 fully saturated rings. The van der Waals surface area contributed by atoms with Crippen LogP contribution in [0.1, 0.15) is 46.3 Å². The maximum atomic E-state index is 15.5. The molecule has 2 aromatic rings. The predicted octanol–water partition coefficient (Wildman–Crippen LogP) is 4.31. The minimum absolute atomic E-state index is 0.00275. The summed E-state index contributed by atoms with van der Waals surface area (Å²) in [5, 5.41) is 5.72. The molecule has 0 unspecified atom stereocenters. The van der Waals surface area contributed by atoms with Crippen LogP contribution < -0.4 is 10.6 Å². The fourth-order valence-electron chi connectivity index (χ4n) is 4.27. The van der Waals surface area contributed by atoms with Crippen LogP contribution in [0.3, 0.4) is 0 Å². The minimum atomic E-state index is -1.41. The Morgan fingerprint density at radius 2 is 1.81 bits per heavy atom. The zero-order valence-corrected chi connectivity index (χ0v) is 18.6. The molecule has 1 atom stereocenters. The van der Waals surface area contributed by atoms with Gasteiger partial charge in [0.1, 0.15) is 5.67 Å². The average molecular weight is 440 g/mol. The lowest BCUT2D eigenvalue weighted by Crippen LogP contribution is -2.43. The SMILES string of the molecule is Cc1ccc(C2(F)CCN(C(=O)c3ccc(C)c(NC(=O)N[C@@H]4CCOC4)c3)CC2)cc1. The summed E-state index contributed by atoms with van der Waals surface area (Å²) in [6.07, 6.45) is 1.33. The Balaban J connectivity index is 1.39. The maximum Gasteiger partial charge on any atom is 0.319 e. The molecule has 2 aliphatic rings. The summed E-state index contributed by atoms with van der Waals surface area (Å²) in [5.41, 5.74) is 2.29. The number of urea groups is 1. The second-order valence-electron chi connectivity index (χ2n) is 8.81. The van der Waals surface area contributed by atoms with Crippen molar-refractivity contribution < 1.29 is 18.7 Å². The zero-order valence-electron chi connectivity index (χ0n) is 18.6. The van der Waals surface area contributed by atoms with Crippen LogP contribution in [0, 0.1) is 13.8 Å². The van der Waals surface area contributed by atoms with E-state index >= 15 is 4.39 Å². The van der Waals surface area contributed by atoms with E-state index in [9.17, 15) is 9.59 Å². The van der Waals surface area contributed by atoms with Crippen molar-refractivity contribution in [2.75, 3.05) is 31.6 Å². The van der Waals surface area contributed by atoms with Crippen LogP contribution in [0.2, 0.25) is 0 Å². The highest BCUT2D eigenvalue weighted by molar-refractivity contribution is 5.97. The number of amides is 3. The van der Waals surface area contributed by atoms with Gasteiger partial charge in [0.15, 0.2) is 0 Å². The van der Waals surface area contributed by atoms with Crippen molar-refractivity contribution in [3.05, 3.63) is 64.7 Å². The van der Waals surface area contributed by atoms with Crippen molar-refractivity contribution >= 4 is 17.6 Å². The van der Waals surface area contributed by atoms with Gasteiger partial charge in [0.05, 0.1) is 12.6 Å². The molecule has 32 heavy (non-hydrogen) atoms. The van der Waals surface area contributed by atoms with Crippen LogP contribution in [0.5, 0.6) is 0 Å². The first-order valence-electron chi connectivity index (χ1n) is 11.2. The molecule has 6 nitrogen and oxygen atoms in total. The molecule has 0 saturated carbocycles. The summed E-state index contributed by atoms with van der Waals surface area (Å²) in [4.78, 5) is 27.1. The predicted molar refractivity (Wildman–Crippen MR) is 122 cm³/mol. The number of likely N-dealkylation sites (tertiary alicyclic amines) is 1. The van der Waals surface area contributed by atoms with Gasteiger partial charge in [0, 0.05) is 43.8 Å². The number of hydrogen-bond acceptors (Lipinski definition) is 3. The van der Waals surface area contributed by atoms with E-state index in [-0.39, 0.29) is 30.8 Å². The molecule has 0 aliphatic carbocycles. The second kappa shape index (κ2) is 9.28. The number of ether oxygens (including phenoxy) is 1. The number of nitrogens with zero attached hydrogens (tertiary/aromatic N) is 1. The van der Waals surface area contributed by atoms with Gasteiger partial charge in [-0.2, -0.15) is 0 Å². The molecule has 170 valence electrons. The summed E-state index contributed by atoms with van der Waals surface area (Å²) in [6.45, 7) is 5.71. The fraction of sp³-hybridized carbons (Fsp3) is 0.440. The van der Waals surface area contributed by atoms with Gasteiger partial charge in [-0.3, -0.25) is 4.79 Å². The van der Waals surface area contributed by atoms with E-state index in [0.717, 1.165) is 17.5 Å². The number of aryl methyl sites for hydroxylation is 2. The molecule has 2 heterocycles. The van der Waals surface area contributed by atoms with E-state index in [4.69, 9.17) is 4.74 Å². The van der Waals surface area contributed by atoms with Crippen molar-refractivity contribution in [3.63, 3.8) is 0 Å². The molecular formula is C25H30FN3O3. The summed E-state index contributed by atoms with van der Waals surface area (Å²) in [7, 11) is 0. The largest absolute Gasteiger partial charge is 0.379 e. The lowest BCUT2D eigenvalue weighted by Gasteiger charge is -2.37. The number of carbonyl (C=O) groups excluding carboxylic acids is 2. The van der Waals surface area contributed by atoms with Crippen molar-refractivity contribution in [1.29, 1.82) is 0 Å². The van der Waals surface area contributed by atoms with E-state index in [0.29, 0.717) is 43.1 Å². The number of benzene rings is 2. The first-order valence-corrected chi connectivity index (χ1v) is 11.2. The molecule has 0 spiro atoms. The van der Waals surface area contributed by atoms with Gasteiger partial charge in [-0.1, -0.05) is 35.9 Å². The van der Waals surface area contributed by atoms with Crippen LogP contribution >= 0.6 is 0 Å². The highest BCUT2D eigenvalue weighted by atomic mass is 19.1. The van der Waals surface area contributed by atoms with Crippen molar-refractivity contribution in [2.45, 2.75) is 44.8 Å². The Morgan fingerprint density at radius 1 is 1.09 bits per heavy atom. The zero-order chi connectivity index (χ0) is 22.7. The molecule has 2 aliphatic heterocycles. The molecule has 4 rings (SSSR count). The maximum absolute atomic E-state index is 15.5. The van der Waals surface area contributed by atoms with Crippen LogP contribution in [0.25, 0.3) is 0 Å². The summed E-state index contributed by atoms with van der Waals surface area (Å²) in [6, 6.07) is 12.5. The number of piperidine rings is 1. The minimum Gasteiger partial charge on any atom is -0.379 e. The number of halogens is 1. The molecule has 0 radical (unpaired) electrons. The Morgan fingerprint density at radius 3 is 2.47 bits per heavy atom. The number of hydrogen-bond donors (Lipinski definition) is 2. The molecule has 2 N–H and O–H groups in total. The molecule has 3 amide bonds. The number of anilines is 1. The molecule has 0 aromatic heterocycles. The van der Waals surface area contributed by atoms with Gasteiger partial charge in [0.25, 0.3) is 5.91 Å². The molecular weight excluding hydrogens is 409 g/mol. The van der Waals surface area contributed by atoms with Crippen molar-refractivity contribution in [1.82, 2.24) is 10.2 Å². The van der Waals surface area contributed by atoms with E-state index in [1.165, 1.54) is 0 Å². The number of nitrogens with one attached hydrogen (secondary N) is 2. The molecule has 2 saturated heterocycles. The molecule has 0 bridgehead atoms. The summed E-state index contributed by atoms with van der Waals surface area (Å²) < 4.78 is 20.8. The topological polar surface area (TPSA) is 70.7 Å². The van der Waals surface area contributed by atoms with Crippen LogP contribution in [-0.4, -0.2) is 49.2 Å². The summed E-state index contributed by atoms with van der Waals surface area (Å²) >= 11 is 0. The van der Waals surface area contributed by atoms with E-state index in [1.807, 2.05) is 44.2 Å². The quantitative estimate of drug-likeness (QED) is 0.746. The highest BCUT2D eigenvalue weighted by Crippen LogP contribution is 2.37. The number of carbonyl (C=O) groups is 2. The smallest absolute Gasteiger partial charge is 0.319 e. The normalized spacial score (nSPS) is 20.1. The Bertz CT molecular complexity index is 978. The van der Waals surface area contributed by atoms with E-state index < -0.39 is 5.67 Å². The van der Waals surface area contributed by atoms with Gasteiger partial charge in [0.2, 0.25) is 0 Å². The Hall–Kier alpha value is -2.93. The third-order valence-corrected chi connectivity index (χ3v) is 6.41. The molecule has 2 aromatic carbocycles. The second-order valence-corrected chi connectivity index (χ2v) is 8.81. The monoisotopic (exact) mass is 439 g/mol. The van der Waals surface area contributed by atoms with Crippen molar-refractivity contribution in [2.24, 2.45) is 0 Å². The Labute approximate surface area is 188 Å². The third kappa shape index (κ3) is 4.93. The van der Waals surface area contributed by atoms with Gasteiger partial charge >= 0.3 is 6.03 Å². The number of alkyl halides is 1. The van der Waals surface area contributed by atoms with Crippen LogP contribution in [0.15, 0.2) is 42.5 Å². The highest BCUT2D eigenvalue weighted by Gasteiger charge is 2.37. The average Bonchev–Trinajstić information content (AvgIpc) is 3.28. The number of rotatable bonds is 4. The first-order chi connectivity index (χ1) is 15.3. The van der Waals surface area contributed by atoms with E-state index in [2.05, 4.69) is 10.6 Å². The van der Waals surface area contributed by atoms with Crippen LogP contribution in [0.4, 0.5) is 14.9 Å². The third-order valence-electron chi connectivity index (χ3n) is 6.41. The van der Waals surface area contributed by atoms with Crippen molar-refractivity contribution in [3.8, 4) is 0 Å². The van der Waals surface area contributed by atoms with Gasteiger partial charge < -0.3 is 20.3 Å². The van der Waals surface area contributed by atoms with Gasteiger partial charge in [-0.05, 0) is 43.5 Å². The Kier molecular flexibility index (Phi) is 6.46. The summed E-state index contributed by atoms with van der Waals surface area (Å²) in [5.74, 6) is -0.149. The first kappa shape index (κ1) is 22.3. The van der Waals surface area contributed by atoms with Crippen LogP contribution in [-0.2, 0) is 10.4 Å². The van der Waals surface area contributed by atoms with E-state index in [1.54, 1.807) is 17.0 Å². The van der Waals surface area contributed by atoms with Gasteiger partial charge in [-0.15, -0.1) is 0 Å². The lowest BCUT2D eigenvalue weighted by atomic mass is 9.85. The molecule has 7 heteroatoms. The fourth-order valence-corrected chi connectivity index (χ4v) is 4.27. The lowest BCUT2D eigenvalue weighted by molar-refractivity contribution is 0.0421.